The van der Waals surface area contributed by atoms with Crippen LogP contribution < -0.4 is 0 Å². The van der Waals surface area contributed by atoms with Gasteiger partial charge in [0, 0.05) is 12.1 Å². The lowest BCUT2D eigenvalue weighted by molar-refractivity contribution is 0.0729. The second-order valence-corrected chi connectivity index (χ2v) is 4.23. The number of nitrogens with zero attached hydrogens (tertiary/aromatic N) is 3. The monoisotopic (exact) mass is 283 g/mol. The maximum Gasteiger partial charge on any atom is 0.257 e. The van der Waals surface area contributed by atoms with E-state index in [4.69, 9.17) is 9.63 Å². The number of hydrogen-bond acceptors (Lipinski definition) is 5. The lowest BCUT2D eigenvalue weighted by Gasteiger charge is -2.18. The summed E-state index contributed by atoms with van der Waals surface area (Å²) < 4.78 is 29.9. The molecule has 1 aromatic carbocycles. The summed E-state index contributed by atoms with van der Waals surface area (Å²) in [5.41, 5.74) is 0.772. The molecule has 0 radical (unpaired) electrons. The zero-order valence-corrected chi connectivity index (χ0v) is 10.7. The summed E-state index contributed by atoms with van der Waals surface area (Å²) in [7, 11) is 0. The molecule has 0 fully saturated rings. The summed E-state index contributed by atoms with van der Waals surface area (Å²) >= 11 is 0. The van der Waals surface area contributed by atoms with Crippen LogP contribution in [0.5, 0.6) is 0 Å². The predicted octanol–water partition coefficient (Wildman–Crippen LogP) is 1.80. The Kier molecular flexibility index (Phi) is 5.14. The molecule has 7 heteroatoms. The van der Waals surface area contributed by atoms with Gasteiger partial charge >= 0.3 is 0 Å². The van der Waals surface area contributed by atoms with E-state index in [0.717, 1.165) is 5.56 Å². The number of halogens is 2. The minimum Gasteiger partial charge on any atom is -0.395 e. The van der Waals surface area contributed by atoms with Crippen LogP contribution in [-0.2, 0) is 6.54 Å². The van der Waals surface area contributed by atoms with Gasteiger partial charge in [-0.1, -0.05) is 23.4 Å². The van der Waals surface area contributed by atoms with Crippen LogP contribution in [-0.4, -0.2) is 46.3 Å². The van der Waals surface area contributed by atoms with Crippen LogP contribution in [0, 0.1) is 0 Å². The molecule has 0 spiro atoms. The SMILES string of the molecule is OCCN(Cc1noc(-c2ccccc2)n1)CC(F)F. The Hall–Kier alpha value is -1.86. The summed E-state index contributed by atoms with van der Waals surface area (Å²) in [4.78, 5) is 5.54. The molecule has 2 rings (SSSR count). The number of alkyl halides is 2. The fraction of sp³-hybridized carbons (Fsp3) is 0.385. The standard InChI is InChI=1S/C13H15F2N3O2/c14-11(15)8-18(6-7-19)9-12-16-13(20-17-12)10-4-2-1-3-5-10/h1-5,11,19H,6-9H2. The number of aliphatic hydroxyl groups is 1. The minimum absolute atomic E-state index is 0.112. The van der Waals surface area contributed by atoms with Crippen LogP contribution in [0.2, 0.25) is 0 Å². The molecule has 2 aromatic rings. The highest BCUT2D eigenvalue weighted by molar-refractivity contribution is 5.51. The smallest absolute Gasteiger partial charge is 0.257 e. The van der Waals surface area contributed by atoms with Crippen molar-refractivity contribution in [1.29, 1.82) is 0 Å². The fourth-order valence-electron chi connectivity index (χ4n) is 1.79. The van der Waals surface area contributed by atoms with Crippen molar-refractivity contribution < 1.29 is 18.4 Å². The molecule has 20 heavy (non-hydrogen) atoms. The lowest BCUT2D eigenvalue weighted by Crippen LogP contribution is -2.31. The van der Waals surface area contributed by atoms with Crippen molar-refractivity contribution in [2.45, 2.75) is 13.0 Å². The molecular formula is C13H15F2N3O2. The first-order valence-electron chi connectivity index (χ1n) is 6.18. The molecule has 1 heterocycles. The van der Waals surface area contributed by atoms with Crippen molar-refractivity contribution in [3.63, 3.8) is 0 Å². The largest absolute Gasteiger partial charge is 0.395 e. The number of benzene rings is 1. The second-order valence-electron chi connectivity index (χ2n) is 4.23. The molecular weight excluding hydrogens is 268 g/mol. The van der Waals surface area contributed by atoms with E-state index >= 15 is 0 Å². The van der Waals surface area contributed by atoms with Crippen LogP contribution in [0.15, 0.2) is 34.9 Å². The third kappa shape index (κ3) is 4.07. The fourth-order valence-corrected chi connectivity index (χ4v) is 1.79. The van der Waals surface area contributed by atoms with Crippen LogP contribution in [0.4, 0.5) is 8.78 Å². The predicted molar refractivity (Wildman–Crippen MR) is 68.1 cm³/mol. The summed E-state index contributed by atoms with van der Waals surface area (Å²) in [6, 6.07) is 9.19. The normalized spacial score (nSPS) is 11.4. The van der Waals surface area contributed by atoms with E-state index in [1.165, 1.54) is 4.90 Å². The topological polar surface area (TPSA) is 62.4 Å². The highest BCUT2D eigenvalue weighted by Crippen LogP contribution is 2.16. The summed E-state index contributed by atoms with van der Waals surface area (Å²) in [6.07, 6.45) is -2.47. The number of aliphatic hydroxyl groups excluding tert-OH is 1. The summed E-state index contributed by atoms with van der Waals surface area (Å²) in [5.74, 6) is 0.666. The van der Waals surface area contributed by atoms with Gasteiger partial charge in [0.1, 0.15) is 0 Å². The first-order chi connectivity index (χ1) is 9.69. The van der Waals surface area contributed by atoms with Crippen LogP contribution in [0.1, 0.15) is 5.82 Å². The van der Waals surface area contributed by atoms with Crippen LogP contribution in [0.3, 0.4) is 0 Å². The van der Waals surface area contributed by atoms with Crippen molar-refractivity contribution in [2.24, 2.45) is 0 Å². The number of aromatic nitrogens is 2. The van der Waals surface area contributed by atoms with E-state index in [2.05, 4.69) is 10.1 Å². The van der Waals surface area contributed by atoms with Crippen molar-refractivity contribution in [2.75, 3.05) is 19.7 Å². The van der Waals surface area contributed by atoms with Gasteiger partial charge in [-0.2, -0.15) is 4.98 Å². The van der Waals surface area contributed by atoms with Gasteiger partial charge < -0.3 is 9.63 Å². The average molecular weight is 283 g/mol. The summed E-state index contributed by atoms with van der Waals surface area (Å²) in [5, 5.41) is 12.6. The van der Waals surface area contributed by atoms with Gasteiger partial charge in [0.25, 0.3) is 12.3 Å². The van der Waals surface area contributed by atoms with E-state index in [1.54, 1.807) is 0 Å². The van der Waals surface area contributed by atoms with Crippen molar-refractivity contribution in [1.82, 2.24) is 15.0 Å². The Labute approximate surface area is 114 Å². The highest BCUT2D eigenvalue weighted by atomic mass is 19.3. The van der Waals surface area contributed by atoms with Crippen molar-refractivity contribution >= 4 is 0 Å². The Balaban J connectivity index is 2.04. The molecule has 0 aliphatic carbocycles. The molecule has 1 aromatic heterocycles. The molecule has 108 valence electrons. The third-order valence-corrected chi connectivity index (χ3v) is 2.67. The zero-order valence-electron chi connectivity index (χ0n) is 10.7. The third-order valence-electron chi connectivity index (χ3n) is 2.67. The first kappa shape index (κ1) is 14.5. The maximum absolute atomic E-state index is 12.4. The molecule has 1 N–H and O–H groups in total. The molecule has 0 saturated heterocycles. The van der Waals surface area contributed by atoms with Gasteiger partial charge in [0.2, 0.25) is 0 Å². The molecule has 0 unspecified atom stereocenters. The molecule has 0 atom stereocenters. The van der Waals surface area contributed by atoms with Crippen molar-refractivity contribution in [3.8, 4) is 11.5 Å². The maximum atomic E-state index is 12.4. The Morgan fingerprint density at radius 3 is 2.65 bits per heavy atom. The molecule has 0 saturated carbocycles. The van der Waals surface area contributed by atoms with E-state index in [-0.39, 0.29) is 19.7 Å². The summed E-state index contributed by atoms with van der Waals surface area (Å²) in [6.45, 7) is -0.382. The molecule has 5 nitrogen and oxygen atoms in total. The zero-order chi connectivity index (χ0) is 14.4. The average Bonchev–Trinajstić information content (AvgIpc) is 2.88. The van der Waals surface area contributed by atoms with Crippen LogP contribution >= 0.6 is 0 Å². The van der Waals surface area contributed by atoms with E-state index in [1.807, 2.05) is 30.3 Å². The molecule has 0 aliphatic rings. The molecule has 0 amide bonds. The molecule has 0 bridgehead atoms. The van der Waals surface area contributed by atoms with Gasteiger partial charge in [0.15, 0.2) is 5.82 Å². The molecule has 0 aliphatic heterocycles. The lowest BCUT2D eigenvalue weighted by atomic mass is 10.2. The van der Waals surface area contributed by atoms with Crippen molar-refractivity contribution in [3.05, 3.63) is 36.2 Å². The van der Waals surface area contributed by atoms with E-state index < -0.39 is 13.0 Å². The van der Waals surface area contributed by atoms with Crippen LogP contribution in [0.25, 0.3) is 11.5 Å². The van der Waals surface area contributed by atoms with Gasteiger partial charge in [-0.25, -0.2) is 8.78 Å². The first-order valence-corrected chi connectivity index (χ1v) is 6.18. The Morgan fingerprint density at radius 1 is 1.25 bits per heavy atom. The Morgan fingerprint density at radius 2 is 2.00 bits per heavy atom. The number of hydrogen-bond donors (Lipinski definition) is 1. The van der Waals surface area contributed by atoms with Gasteiger partial charge in [-0.05, 0) is 12.1 Å². The highest BCUT2D eigenvalue weighted by Gasteiger charge is 2.16. The van der Waals surface area contributed by atoms with Gasteiger partial charge in [0.05, 0.1) is 19.7 Å². The second kappa shape index (κ2) is 7.06. The van der Waals surface area contributed by atoms with Gasteiger partial charge in [-0.15, -0.1) is 0 Å². The quantitative estimate of drug-likeness (QED) is 0.839. The minimum atomic E-state index is -2.47. The Bertz CT molecular complexity index is 519. The number of rotatable bonds is 7. The van der Waals surface area contributed by atoms with Gasteiger partial charge in [-0.3, -0.25) is 4.90 Å². The van der Waals surface area contributed by atoms with E-state index in [9.17, 15) is 8.78 Å². The van der Waals surface area contributed by atoms with E-state index in [0.29, 0.717) is 11.7 Å².